The van der Waals surface area contributed by atoms with Crippen molar-refractivity contribution in [2.75, 3.05) is 7.11 Å². The quantitative estimate of drug-likeness (QED) is 0.836. The van der Waals surface area contributed by atoms with Crippen molar-refractivity contribution >= 4 is 0 Å². The van der Waals surface area contributed by atoms with Gasteiger partial charge < -0.3 is 4.74 Å². The van der Waals surface area contributed by atoms with Crippen LogP contribution in [0.2, 0.25) is 0 Å². The molecule has 0 radical (unpaired) electrons. The molecule has 0 amide bonds. The van der Waals surface area contributed by atoms with Gasteiger partial charge in [-0.05, 0) is 12.0 Å². The van der Waals surface area contributed by atoms with Crippen LogP contribution < -0.4 is 16.0 Å². The number of aromatic amines is 1. The highest BCUT2D eigenvalue weighted by molar-refractivity contribution is 5.14. The van der Waals surface area contributed by atoms with E-state index < -0.39 is 11.2 Å². The Kier molecular flexibility index (Phi) is 3.57. The summed E-state index contributed by atoms with van der Waals surface area (Å²) >= 11 is 0. The Morgan fingerprint density at radius 1 is 1.28 bits per heavy atom. The summed E-state index contributed by atoms with van der Waals surface area (Å²) in [6.45, 7) is 0.289. The number of methoxy groups -OCH3 is 1. The molecular formula is C12H13N3O3. The van der Waals surface area contributed by atoms with Crippen molar-refractivity contribution in [1.29, 1.82) is 0 Å². The zero-order valence-electron chi connectivity index (χ0n) is 9.92. The van der Waals surface area contributed by atoms with Crippen LogP contribution in [0.25, 0.3) is 0 Å². The molecule has 0 atom stereocenters. The molecule has 1 aromatic heterocycles. The van der Waals surface area contributed by atoms with E-state index in [1.165, 1.54) is 7.11 Å². The molecule has 0 saturated carbocycles. The van der Waals surface area contributed by atoms with Crippen LogP contribution in [0, 0.1) is 0 Å². The van der Waals surface area contributed by atoms with Gasteiger partial charge in [0.2, 0.25) is 0 Å². The van der Waals surface area contributed by atoms with Gasteiger partial charge in [-0.2, -0.15) is 0 Å². The highest BCUT2D eigenvalue weighted by Crippen LogP contribution is 2.00. The van der Waals surface area contributed by atoms with Crippen LogP contribution in [-0.4, -0.2) is 21.9 Å². The second-order valence-corrected chi connectivity index (χ2v) is 3.73. The topological polar surface area (TPSA) is 77.0 Å². The van der Waals surface area contributed by atoms with E-state index in [0.29, 0.717) is 6.42 Å². The number of aromatic nitrogens is 3. The fourth-order valence-corrected chi connectivity index (χ4v) is 1.64. The lowest BCUT2D eigenvalue weighted by Gasteiger charge is -2.05. The normalized spacial score (nSPS) is 10.3. The first-order chi connectivity index (χ1) is 8.72. The van der Waals surface area contributed by atoms with Crippen molar-refractivity contribution in [1.82, 2.24) is 14.8 Å². The number of aryl methyl sites for hydroxylation is 1. The molecule has 2 rings (SSSR count). The van der Waals surface area contributed by atoms with Gasteiger partial charge in [-0.1, -0.05) is 30.3 Å². The molecular weight excluding hydrogens is 234 g/mol. The SMILES string of the molecule is COc1n[nH]c(=O)n(CCc2ccccc2)c1=O. The molecule has 1 N–H and O–H groups in total. The molecule has 0 aliphatic heterocycles. The summed E-state index contributed by atoms with van der Waals surface area (Å²) in [5, 5.41) is 5.75. The van der Waals surface area contributed by atoms with Crippen molar-refractivity contribution in [3.8, 4) is 5.88 Å². The second kappa shape index (κ2) is 5.31. The molecule has 2 aromatic rings. The van der Waals surface area contributed by atoms with Gasteiger partial charge in [-0.15, -0.1) is 5.10 Å². The minimum Gasteiger partial charge on any atom is -0.476 e. The third-order valence-corrected chi connectivity index (χ3v) is 2.59. The Balaban J connectivity index is 2.25. The van der Waals surface area contributed by atoms with E-state index in [0.717, 1.165) is 10.1 Å². The number of rotatable bonds is 4. The maximum absolute atomic E-state index is 11.8. The van der Waals surface area contributed by atoms with Gasteiger partial charge in [0.15, 0.2) is 0 Å². The number of nitrogens with zero attached hydrogens (tertiary/aromatic N) is 2. The summed E-state index contributed by atoms with van der Waals surface area (Å²) < 4.78 is 5.86. The molecule has 0 spiro atoms. The van der Waals surface area contributed by atoms with Crippen LogP contribution in [-0.2, 0) is 13.0 Å². The fourth-order valence-electron chi connectivity index (χ4n) is 1.64. The first-order valence-corrected chi connectivity index (χ1v) is 5.50. The smallest absolute Gasteiger partial charge is 0.345 e. The molecule has 0 bridgehead atoms. The van der Waals surface area contributed by atoms with Gasteiger partial charge in [-0.3, -0.25) is 9.36 Å². The van der Waals surface area contributed by atoms with E-state index in [9.17, 15) is 9.59 Å². The number of benzene rings is 1. The summed E-state index contributed by atoms with van der Waals surface area (Å²) in [5.74, 6) is -0.109. The average molecular weight is 247 g/mol. The molecule has 0 unspecified atom stereocenters. The minimum absolute atomic E-state index is 0.109. The van der Waals surface area contributed by atoms with Gasteiger partial charge in [0.05, 0.1) is 7.11 Å². The summed E-state index contributed by atoms with van der Waals surface area (Å²) in [6, 6.07) is 9.62. The predicted molar refractivity (Wildman–Crippen MR) is 65.8 cm³/mol. The Bertz CT molecular complexity index is 631. The third kappa shape index (κ3) is 2.48. The van der Waals surface area contributed by atoms with E-state index in [2.05, 4.69) is 10.2 Å². The van der Waals surface area contributed by atoms with Crippen molar-refractivity contribution in [3.63, 3.8) is 0 Å². The van der Waals surface area contributed by atoms with E-state index in [1.807, 2.05) is 30.3 Å². The van der Waals surface area contributed by atoms with Crippen LogP contribution in [0.4, 0.5) is 0 Å². The highest BCUT2D eigenvalue weighted by Gasteiger charge is 2.08. The summed E-state index contributed by atoms with van der Waals surface area (Å²) in [5.41, 5.74) is 0.00786. The van der Waals surface area contributed by atoms with E-state index in [-0.39, 0.29) is 12.4 Å². The Morgan fingerprint density at radius 2 is 2.00 bits per heavy atom. The minimum atomic E-state index is -0.531. The summed E-state index contributed by atoms with van der Waals surface area (Å²) in [6.07, 6.45) is 0.594. The lowest BCUT2D eigenvalue weighted by molar-refractivity contribution is 0.373. The van der Waals surface area contributed by atoms with Gasteiger partial charge in [0.1, 0.15) is 0 Å². The number of H-pyrrole nitrogens is 1. The monoisotopic (exact) mass is 247 g/mol. The Hall–Kier alpha value is -2.37. The summed E-state index contributed by atoms with van der Waals surface area (Å²) in [7, 11) is 1.34. The first-order valence-electron chi connectivity index (χ1n) is 5.50. The van der Waals surface area contributed by atoms with Crippen molar-refractivity contribution < 1.29 is 4.74 Å². The lowest BCUT2D eigenvalue weighted by atomic mass is 10.1. The fraction of sp³-hybridized carbons (Fsp3) is 0.250. The van der Waals surface area contributed by atoms with Crippen molar-refractivity contribution in [3.05, 3.63) is 56.7 Å². The highest BCUT2D eigenvalue weighted by atomic mass is 16.5. The third-order valence-electron chi connectivity index (χ3n) is 2.59. The number of ether oxygens (including phenoxy) is 1. The maximum atomic E-state index is 11.8. The summed E-state index contributed by atoms with van der Waals surface area (Å²) in [4.78, 5) is 23.3. The van der Waals surface area contributed by atoms with E-state index >= 15 is 0 Å². The number of hydrogen-bond acceptors (Lipinski definition) is 4. The van der Waals surface area contributed by atoms with Gasteiger partial charge in [-0.25, -0.2) is 9.89 Å². The molecule has 0 fully saturated rings. The molecule has 94 valence electrons. The molecule has 0 saturated heterocycles. The van der Waals surface area contributed by atoms with Gasteiger partial charge >= 0.3 is 11.2 Å². The molecule has 18 heavy (non-hydrogen) atoms. The first kappa shape index (κ1) is 12.1. The second-order valence-electron chi connectivity index (χ2n) is 3.73. The average Bonchev–Trinajstić information content (AvgIpc) is 2.40. The molecule has 6 nitrogen and oxygen atoms in total. The largest absolute Gasteiger partial charge is 0.476 e. The molecule has 6 heteroatoms. The Morgan fingerprint density at radius 3 is 2.67 bits per heavy atom. The molecule has 0 aliphatic rings. The van der Waals surface area contributed by atoms with E-state index in [4.69, 9.17) is 4.74 Å². The zero-order chi connectivity index (χ0) is 13.0. The van der Waals surface area contributed by atoms with Crippen LogP contribution in [0.5, 0.6) is 5.88 Å². The predicted octanol–water partition coefficient (Wildman–Crippen LogP) is 0.183. The van der Waals surface area contributed by atoms with Crippen LogP contribution in [0.15, 0.2) is 39.9 Å². The van der Waals surface area contributed by atoms with Crippen LogP contribution >= 0.6 is 0 Å². The zero-order valence-corrected chi connectivity index (χ0v) is 9.92. The number of hydrogen-bond donors (Lipinski definition) is 1. The number of nitrogens with one attached hydrogen (secondary N) is 1. The molecule has 0 aliphatic carbocycles. The van der Waals surface area contributed by atoms with Crippen molar-refractivity contribution in [2.45, 2.75) is 13.0 Å². The molecule has 1 aromatic carbocycles. The van der Waals surface area contributed by atoms with E-state index in [1.54, 1.807) is 0 Å². The van der Waals surface area contributed by atoms with Gasteiger partial charge in [0.25, 0.3) is 5.88 Å². The van der Waals surface area contributed by atoms with Crippen molar-refractivity contribution in [2.24, 2.45) is 0 Å². The lowest BCUT2D eigenvalue weighted by Crippen LogP contribution is -2.37. The van der Waals surface area contributed by atoms with Crippen LogP contribution in [0.3, 0.4) is 0 Å². The molecule has 1 heterocycles. The van der Waals surface area contributed by atoms with Gasteiger partial charge in [0, 0.05) is 6.54 Å². The standard InChI is InChI=1S/C12H13N3O3/c1-18-10-11(16)15(12(17)14-13-10)8-7-9-5-3-2-4-6-9/h2-6H,7-8H2,1H3,(H,14,17). The van der Waals surface area contributed by atoms with Crippen LogP contribution in [0.1, 0.15) is 5.56 Å². The Labute approximate surface area is 103 Å². The maximum Gasteiger partial charge on any atom is 0.345 e.